The fraction of sp³-hybridized carbons (Fsp3) is 0.619. The van der Waals surface area contributed by atoms with Crippen LogP contribution in [0.15, 0.2) is 24.3 Å². The first-order valence-electron chi connectivity index (χ1n) is 10.8. The molecule has 4 rings (SSSR count). The molecule has 8 heteroatoms. The second-order valence-electron chi connectivity index (χ2n) is 8.37. The van der Waals surface area contributed by atoms with E-state index in [1.807, 2.05) is 17.1 Å². The molecule has 0 saturated carbocycles. The average molecular weight is 401 g/mol. The van der Waals surface area contributed by atoms with E-state index in [2.05, 4.69) is 27.2 Å². The number of urea groups is 1. The van der Waals surface area contributed by atoms with E-state index in [-0.39, 0.29) is 11.9 Å². The summed E-state index contributed by atoms with van der Waals surface area (Å²) in [5, 5.41) is 4.31. The summed E-state index contributed by atoms with van der Waals surface area (Å²) in [5.74, 6) is 6.47. The molecular weight excluding hydrogens is 368 g/mol. The number of hydrazine groups is 1. The molecule has 0 atom stereocenters. The van der Waals surface area contributed by atoms with E-state index < -0.39 is 0 Å². The van der Waals surface area contributed by atoms with Crippen molar-refractivity contribution < 1.29 is 9.59 Å². The third-order valence-electron chi connectivity index (χ3n) is 6.46. The summed E-state index contributed by atoms with van der Waals surface area (Å²) in [4.78, 5) is 29.9. The highest BCUT2D eigenvalue weighted by molar-refractivity contribution is 6.05. The monoisotopic (exact) mass is 400 g/mol. The van der Waals surface area contributed by atoms with Crippen LogP contribution >= 0.6 is 0 Å². The zero-order chi connectivity index (χ0) is 20.2. The van der Waals surface area contributed by atoms with Crippen molar-refractivity contribution in [3.05, 3.63) is 24.3 Å². The second kappa shape index (κ2) is 9.11. The highest BCUT2D eigenvalue weighted by atomic mass is 16.2. The molecule has 0 radical (unpaired) electrons. The van der Waals surface area contributed by atoms with Crippen molar-refractivity contribution in [3.8, 4) is 0 Å². The van der Waals surface area contributed by atoms with Gasteiger partial charge in [-0.1, -0.05) is 0 Å². The van der Waals surface area contributed by atoms with E-state index >= 15 is 0 Å². The highest BCUT2D eigenvalue weighted by Gasteiger charge is 2.25. The third kappa shape index (κ3) is 5.07. The van der Waals surface area contributed by atoms with E-state index in [1.165, 1.54) is 31.5 Å². The van der Waals surface area contributed by atoms with Gasteiger partial charge in [0.05, 0.1) is 0 Å². The maximum Gasteiger partial charge on any atom is 0.328 e. The predicted molar refractivity (Wildman–Crippen MR) is 114 cm³/mol. The predicted octanol–water partition coefficient (Wildman–Crippen LogP) is 1.23. The smallest absolute Gasteiger partial charge is 0.328 e. The van der Waals surface area contributed by atoms with E-state index in [9.17, 15) is 9.59 Å². The maximum atomic E-state index is 12.0. The Morgan fingerprint density at radius 1 is 0.897 bits per heavy atom. The number of nitrogens with one attached hydrogen (secondary N) is 1. The number of benzene rings is 1. The summed E-state index contributed by atoms with van der Waals surface area (Å²) in [6.45, 7) is 7.92. The van der Waals surface area contributed by atoms with E-state index in [4.69, 9.17) is 5.84 Å². The van der Waals surface area contributed by atoms with Crippen molar-refractivity contribution >= 4 is 23.3 Å². The lowest BCUT2D eigenvalue weighted by Crippen LogP contribution is -2.49. The molecule has 8 nitrogen and oxygen atoms in total. The minimum Gasteiger partial charge on any atom is -0.369 e. The second-order valence-corrected chi connectivity index (χ2v) is 8.37. The maximum absolute atomic E-state index is 12.0. The topological polar surface area (TPSA) is 85.2 Å². The number of imide groups is 1. The van der Waals surface area contributed by atoms with Gasteiger partial charge in [-0.2, -0.15) is 0 Å². The Bertz CT molecular complexity index is 708. The first kappa shape index (κ1) is 20.1. The number of carbonyl (C=O) groups excluding carboxylic acids is 2. The fourth-order valence-electron chi connectivity index (χ4n) is 4.49. The molecule has 3 aliphatic heterocycles. The number of hydrogen-bond donors (Lipinski definition) is 2. The van der Waals surface area contributed by atoms with Crippen LogP contribution in [0.5, 0.6) is 0 Å². The van der Waals surface area contributed by atoms with Crippen molar-refractivity contribution in [2.45, 2.75) is 25.7 Å². The van der Waals surface area contributed by atoms with Crippen molar-refractivity contribution in [1.29, 1.82) is 0 Å². The van der Waals surface area contributed by atoms with Crippen molar-refractivity contribution in [3.63, 3.8) is 0 Å². The summed E-state index contributed by atoms with van der Waals surface area (Å²) in [6, 6.07) is 7.77. The Labute approximate surface area is 172 Å². The molecule has 3 fully saturated rings. The molecule has 0 spiro atoms. The van der Waals surface area contributed by atoms with Gasteiger partial charge in [-0.25, -0.2) is 9.80 Å². The lowest BCUT2D eigenvalue weighted by molar-refractivity contribution is -0.120. The van der Waals surface area contributed by atoms with Gasteiger partial charge in [0, 0.05) is 63.6 Å². The standard InChI is InChI=1S/C21H32N6O2/c22-26-10-6-17(7-11-26)5-9-24-13-15-25(16-14-24)18-1-3-19(4-2-18)27-12-8-20(28)23-21(27)29/h1-4,17H,5-16,22H2,(H,23,28,29). The fourth-order valence-corrected chi connectivity index (χ4v) is 4.49. The zero-order valence-corrected chi connectivity index (χ0v) is 17.1. The molecule has 0 bridgehead atoms. The largest absolute Gasteiger partial charge is 0.369 e. The Morgan fingerprint density at radius 3 is 2.21 bits per heavy atom. The SMILES string of the molecule is NN1CCC(CCN2CCN(c3ccc(N4CCC(=O)NC4=O)cc3)CC2)CC1. The Hall–Kier alpha value is -2.16. The van der Waals surface area contributed by atoms with Crippen LogP contribution in [0.25, 0.3) is 0 Å². The molecule has 1 aromatic carbocycles. The summed E-state index contributed by atoms with van der Waals surface area (Å²) < 4.78 is 0. The molecule has 3 N–H and O–H groups in total. The normalized spacial score (nSPS) is 22.8. The minimum atomic E-state index is -0.334. The molecule has 158 valence electrons. The van der Waals surface area contributed by atoms with Gasteiger partial charge in [0.15, 0.2) is 0 Å². The lowest BCUT2D eigenvalue weighted by Gasteiger charge is -2.37. The van der Waals surface area contributed by atoms with Gasteiger partial charge in [-0.05, 0) is 56.0 Å². The van der Waals surface area contributed by atoms with Gasteiger partial charge < -0.3 is 4.90 Å². The summed E-state index contributed by atoms with van der Waals surface area (Å²) >= 11 is 0. The van der Waals surface area contributed by atoms with E-state index in [1.54, 1.807) is 4.90 Å². The lowest BCUT2D eigenvalue weighted by atomic mass is 9.94. The summed E-state index contributed by atoms with van der Waals surface area (Å²) in [5.41, 5.74) is 2.03. The van der Waals surface area contributed by atoms with Gasteiger partial charge in [-0.15, -0.1) is 0 Å². The highest BCUT2D eigenvalue weighted by Crippen LogP contribution is 2.24. The summed E-state index contributed by atoms with van der Waals surface area (Å²) in [6.07, 6.45) is 4.09. The number of piperidine rings is 1. The number of anilines is 2. The number of nitrogens with two attached hydrogens (primary N) is 1. The van der Waals surface area contributed by atoms with Crippen LogP contribution in [0, 0.1) is 5.92 Å². The number of nitrogens with zero attached hydrogens (tertiary/aromatic N) is 4. The molecule has 3 saturated heterocycles. The Kier molecular flexibility index (Phi) is 6.32. The molecule has 3 amide bonds. The van der Waals surface area contributed by atoms with Crippen LogP contribution in [0.3, 0.4) is 0 Å². The van der Waals surface area contributed by atoms with Crippen LogP contribution in [0.2, 0.25) is 0 Å². The van der Waals surface area contributed by atoms with Crippen molar-refractivity contribution in [1.82, 2.24) is 15.2 Å². The molecule has 0 unspecified atom stereocenters. The number of carbonyl (C=O) groups is 2. The minimum absolute atomic E-state index is 0.203. The van der Waals surface area contributed by atoms with Gasteiger partial charge in [0.2, 0.25) is 5.91 Å². The van der Waals surface area contributed by atoms with E-state index in [0.717, 1.165) is 50.9 Å². The first-order chi connectivity index (χ1) is 14.1. The Morgan fingerprint density at radius 2 is 1.55 bits per heavy atom. The van der Waals surface area contributed by atoms with Crippen LogP contribution in [0.1, 0.15) is 25.7 Å². The number of hydrogen-bond acceptors (Lipinski definition) is 6. The third-order valence-corrected chi connectivity index (χ3v) is 6.46. The van der Waals surface area contributed by atoms with Gasteiger partial charge in [-0.3, -0.25) is 25.8 Å². The molecule has 0 aromatic heterocycles. The number of rotatable bonds is 5. The first-order valence-corrected chi connectivity index (χ1v) is 10.8. The Balaban J connectivity index is 1.23. The van der Waals surface area contributed by atoms with Crippen LogP contribution in [-0.2, 0) is 4.79 Å². The van der Waals surface area contributed by atoms with Crippen LogP contribution < -0.4 is 21.0 Å². The quantitative estimate of drug-likeness (QED) is 0.723. The average Bonchev–Trinajstić information content (AvgIpc) is 2.74. The molecule has 1 aromatic rings. The van der Waals surface area contributed by atoms with Gasteiger partial charge >= 0.3 is 6.03 Å². The van der Waals surface area contributed by atoms with Gasteiger partial charge in [0.1, 0.15) is 0 Å². The zero-order valence-electron chi connectivity index (χ0n) is 17.1. The van der Waals surface area contributed by atoms with Crippen molar-refractivity contribution in [2.24, 2.45) is 11.8 Å². The molecule has 29 heavy (non-hydrogen) atoms. The van der Waals surface area contributed by atoms with E-state index in [0.29, 0.717) is 13.0 Å². The van der Waals surface area contributed by atoms with Gasteiger partial charge in [0.25, 0.3) is 0 Å². The van der Waals surface area contributed by atoms with Crippen molar-refractivity contribution in [2.75, 3.05) is 62.2 Å². The molecule has 3 aliphatic rings. The molecule has 0 aliphatic carbocycles. The van der Waals surface area contributed by atoms with Crippen LogP contribution in [-0.4, -0.2) is 74.2 Å². The molecular formula is C21H32N6O2. The summed E-state index contributed by atoms with van der Waals surface area (Å²) in [7, 11) is 0. The molecule has 3 heterocycles. The number of piperazine rings is 1. The van der Waals surface area contributed by atoms with Crippen LogP contribution in [0.4, 0.5) is 16.2 Å². The number of amides is 3.